The molecule has 7 nitrogen and oxygen atoms in total. The van der Waals surface area contributed by atoms with Crippen LogP contribution in [0.4, 0.5) is 0 Å². The Morgan fingerprint density at radius 2 is 2.40 bits per heavy atom. The number of halogens is 1. The molecule has 0 saturated heterocycles. The van der Waals surface area contributed by atoms with Crippen LogP contribution in [-0.4, -0.2) is 38.0 Å². The molecular formula is C6H4BrN5O2S. The molecule has 0 spiro atoms. The van der Waals surface area contributed by atoms with Crippen molar-refractivity contribution in [3.63, 3.8) is 0 Å². The van der Waals surface area contributed by atoms with Crippen LogP contribution in [-0.2, 0) is 4.74 Å². The van der Waals surface area contributed by atoms with Crippen LogP contribution in [0.3, 0.4) is 0 Å². The highest BCUT2D eigenvalue weighted by atomic mass is 79.9. The summed E-state index contributed by atoms with van der Waals surface area (Å²) < 4.78 is 6.46. The van der Waals surface area contributed by atoms with Gasteiger partial charge < -0.3 is 4.74 Å². The molecule has 0 aromatic carbocycles. The predicted molar refractivity (Wildman–Crippen MR) is 53.9 cm³/mol. The highest BCUT2D eigenvalue weighted by molar-refractivity contribution is 9.11. The van der Waals surface area contributed by atoms with Gasteiger partial charge in [-0.25, -0.2) is 9.78 Å². The highest BCUT2D eigenvalue weighted by Crippen LogP contribution is 2.18. The van der Waals surface area contributed by atoms with Crippen molar-refractivity contribution in [1.29, 1.82) is 0 Å². The van der Waals surface area contributed by atoms with Gasteiger partial charge in [0.1, 0.15) is 6.33 Å². The van der Waals surface area contributed by atoms with Crippen LogP contribution in [0.15, 0.2) is 10.2 Å². The van der Waals surface area contributed by atoms with Crippen molar-refractivity contribution < 1.29 is 9.53 Å². The van der Waals surface area contributed by atoms with Crippen molar-refractivity contribution in [3.8, 4) is 5.13 Å². The molecule has 0 amide bonds. The molecule has 0 unspecified atom stereocenters. The Kier molecular flexibility index (Phi) is 2.73. The van der Waals surface area contributed by atoms with Gasteiger partial charge in [-0.2, -0.15) is 4.68 Å². The van der Waals surface area contributed by atoms with Crippen LogP contribution in [0.5, 0.6) is 0 Å². The first-order chi connectivity index (χ1) is 7.20. The first-order valence-corrected chi connectivity index (χ1v) is 5.31. The van der Waals surface area contributed by atoms with Gasteiger partial charge in [0, 0.05) is 0 Å². The fraction of sp³-hybridized carbons (Fsp3) is 0.167. The van der Waals surface area contributed by atoms with Gasteiger partial charge in [0.2, 0.25) is 5.13 Å². The third-order valence-corrected chi connectivity index (χ3v) is 2.79. The van der Waals surface area contributed by atoms with Crippen molar-refractivity contribution >= 4 is 33.2 Å². The normalized spacial score (nSPS) is 10.3. The number of nitrogens with zero attached hydrogens (tertiary/aromatic N) is 5. The molecule has 0 aliphatic carbocycles. The topological polar surface area (TPSA) is 82.8 Å². The standard InChI is InChI=1S/C6H4BrN5O2S/c1-14-4(13)3-8-2-12(11-3)6-10-9-5(7)15-6/h2H,1H3. The van der Waals surface area contributed by atoms with Gasteiger partial charge in [0.05, 0.1) is 7.11 Å². The molecule has 0 saturated carbocycles. The second kappa shape index (κ2) is 4.03. The number of methoxy groups -OCH3 is 1. The number of hydrogen-bond donors (Lipinski definition) is 0. The molecule has 0 fully saturated rings. The van der Waals surface area contributed by atoms with Crippen molar-refractivity contribution in [1.82, 2.24) is 25.0 Å². The summed E-state index contributed by atoms with van der Waals surface area (Å²) in [6, 6.07) is 0. The number of carbonyl (C=O) groups excluding carboxylic acids is 1. The Bertz CT molecular complexity index is 495. The van der Waals surface area contributed by atoms with E-state index in [1.165, 1.54) is 29.5 Å². The van der Waals surface area contributed by atoms with Crippen molar-refractivity contribution in [2.24, 2.45) is 0 Å². The maximum absolute atomic E-state index is 11.1. The zero-order valence-electron chi connectivity index (χ0n) is 7.42. The van der Waals surface area contributed by atoms with Gasteiger partial charge in [-0.3, -0.25) is 0 Å². The first-order valence-electron chi connectivity index (χ1n) is 3.70. The lowest BCUT2D eigenvalue weighted by Crippen LogP contribution is -2.05. The number of esters is 1. The Labute approximate surface area is 96.2 Å². The SMILES string of the molecule is COC(=O)c1ncn(-c2nnc(Br)s2)n1. The zero-order chi connectivity index (χ0) is 10.8. The van der Waals surface area contributed by atoms with E-state index in [0.717, 1.165) is 0 Å². The molecule has 2 rings (SSSR count). The van der Waals surface area contributed by atoms with E-state index < -0.39 is 5.97 Å². The van der Waals surface area contributed by atoms with Gasteiger partial charge in [0.25, 0.3) is 5.82 Å². The Balaban J connectivity index is 2.31. The van der Waals surface area contributed by atoms with Gasteiger partial charge in [0.15, 0.2) is 3.92 Å². The third-order valence-electron chi connectivity index (χ3n) is 1.45. The van der Waals surface area contributed by atoms with Gasteiger partial charge in [-0.15, -0.1) is 15.3 Å². The van der Waals surface area contributed by atoms with Crippen LogP contribution < -0.4 is 0 Å². The van der Waals surface area contributed by atoms with Crippen LogP contribution in [0.2, 0.25) is 0 Å². The fourth-order valence-corrected chi connectivity index (χ4v) is 1.84. The van der Waals surface area contributed by atoms with Crippen LogP contribution in [0.1, 0.15) is 10.6 Å². The summed E-state index contributed by atoms with van der Waals surface area (Å²) in [4.78, 5) is 14.8. The van der Waals surface area contributed by atoms with E-state index in [9.17, 15) is 4.79 Å². The first kappa shape index (κ1) is 10.2. The Hall–Kier alpha value is -1.35. The average Bonchev–Trinajstić information content (AvgIpc) is 2.84. The van der Waals surface area contributed by atoms with Crippen LogP contribution >= 0.6 is 27.3 Å². The molecule has 0 radical (unpaired) electrons. The smallest absolute Gasteiger partial charge is 0.377 e. The van der Waals surface area contributed by atoms with Crippen molar-refractivity contribution in [3.05, 3.63) is 16.1 Å². The maximum Gasteiger partial charge on any atom is 0.377 e. The van der Waals surface area contributed by atoms with Gasteiger partial charge in [-0.1, -0.05) is 11.3 Å². The molecule has 0 bridgehead atoms. The second-order valence-electron chi connectivity index (χ2n) is 2.34. The minimum Gasteiger partial charge on any atom is -0.463 e. The lowest BCUT2D eigenvalue weighted by atomic mass is 10.6. The van der Waals surface area contributed by atoms with E-state index in [0.29, 0.717) is 9.05 Å². The van der Waals surface area contributed by atoms with Gasteiger partial charge >= 0.3 is 5.97 Å². The summed E-state index contributed by atoms with van der Waals surface area (Å²) in [7, 11) is 1.27. The van der Waals surface area contributed by atoms with Crippen molar-refractivity contribution in [2.45, 2.75) is 0 Å². The average molecular weight is 290 g/mol. The van der Waals surface area contributed by atoms with E-state index in [1.807, 2.05) is 0 Å². The van der Waals surface area contributed by atoms with E-state index in [1.54, 1.807) is 0 Å². The Morgan fingerprint density at radius 1 is 1.60 bits per heavy atom. The van der Waals surface area contributed by atoms with Gasteiger partial charge in [-0.05, 0) is 15.9 Å². The molecule has 2 heterocycles. The second-order valence-corrected chi connectivity index (χ2v) is 4.57. The largest absolute Gasteiger partial charge is 0.463 e. The lowest BCUT2D eigenvalue weighted by molar-refractivity contribution is 0.0587. The molecule has 2 aromatic rings. The monoisotopic (exact) mass is 289 g/mol. The number of aromatic nitrogens is 5. The molecule has 15 heavy (non-hydrogen) atoms. The summed E-state index contributed by atoms with van der Waals surface area (Å²) in [5, 5.41) is 12.0. The molecule has 2 aromatic heterocycles. The molecule has 78 valence electrons. The number of carbonyl (C=O) groups is 1. The Morgan fingerprint density at radius 3 is 3.00 bits per heavy atom. The van der Waals surface area contributed by atoms with Crippen molar-refractivity contribution in [2.75, 3.05) is 7.11 Å². The minimum atomic E-state index is -0.586. The van der Waals surface area contributed by atoms with E-state index in [2.05, 4.69) is 40.9 Å². The summed E-state index contributed by atoms with van der Waals surface area (Å²) in [5.41, 5.74) is 0. The number of rotatable bonds is 2. The molecule has 9 heteroatoms. The van der Waals surface area contributed by atoms with Crippen LogP contribution in [0, 0.1) is 0 Å². The van der Waals surface area contributed by atoms with E-state index in [4.69, 9.17) is 0 Å². The summed E-state index contributed by atoms with van der Waals surface area (Å²) >= 11 is 4.45. The zero-order valence-corrected chi connectivity index (χ0v) is 9.82. The molecule has 0 atom stereocenters. The molecule has 0 N–H and O–H groups in total. The van der Waals surface area contributed by atoms with E-state index >= 15 is 0 Å². The maximum atomic E-state index is 11.1. The summed E-state index contributed by atoms with van der Waals surface area (Å²) in [5.74, 6) is -0.596. The lowest BCUT2D eigenvalue weighted by Gasteiger charge is -1.91. The summed E-state index contributed by atoms with van der Waals surface area (Å²) in [6.45, 7) is 0. The summed E-state index contributed by atoms with van der Waals surface area (Å²) in [6.07, 6.45) is 1.37. The van der Waals surface area contributed by atoms with E-state index in [-0.39, 0.29) is 5.82 Å². The minimum absolute atomic E-state index is 0.0103. The predicted octanol–water partition coefficient (Wildman–Crippen LogP) is 0.668. The third kappa shape index (κ3) is 2.02. The quantitative estimate of drug-likeness (QED) is 0.756. The highest BCUT2D eigenvalue weighted by Gasteiger charge is 2.13. The number of hydrogen-bond acceptors (Lipinski definition) is 7. The fourth-order valence-electron chi connectivity index (χ4n) is 0.831. The molecular weight excluding hydrogens is 286 g/mol. The molecule has 0 aliphatic rings. The number of ether oxygens (including phenoxy) is 1. The molecule has 0 aliphatic heterocycles. The van der Waals surface area contributed by atoms with Crippen LogP contribution in [0.25, 0.3) is 5.13 Å².